The molecule has 92 valence electrons. The molecule has 0 saturated carbocycles. The highest BCUT2D eigenvalue weighted by atomic mass is 16.5. The van der Waals surface area contributed by atoms with E-state index in [1.807, 2.05) is 12.5 Å². The highest BCUT2D eigenvalue weighted by Crippen LogP contribution is 2.08. The summed E-state index contributed by atoms with van der Waals surface area (Å²) in [5, 5.41) is 3.43. The van der Waals surface area contributed by atoms with Crippen molar-refractivity contribution in [2.24, 2.45) is 5.92 Å². The smallest absolute Gasteiger partial charge is 0.0951 e. The highest BCUT2D eigenvalue weighted by molar-refractivity contribution is 4.99. The maximum Gasteiger partial charge on any atom is 0.0951 e. The summed E-state index contributed by atoms with van der Waals surface area (Å²) in [4.78, 5) is 4.18. The minimum Gasteiger partial charge on any atom is -0.384 e. The van der Waals surface area contributed by atoms with Crippen LogP contribution in [0.3, 0.4) is 0 Å². The van der Waals surface area contributed by atoms with Crippen LogP contribution in [0.4, 0.5) is 0 Å². The van der Waals surface area contributed by atoms with Gasteiger partial charge in [-0.05, 0) is 19.8 Å². The predicted octanol–water partition coefficient (Wildman–Crippen LogP) is 1.84. The number of ether oxygens (including phenoxy) is 1. The summed E-state index contributed by atoms with van der Waals surface area (Å²) in [7, 11) is 1.74. The second kappa shape index (κ2) is 6.66. The van der Waals surface area contributed by atoms with Crippen LogP contribution in [0.25, 0.3) is 0 Å². The Morgan fingerprint density at radius 1 is 1.44 bits per heavy atom. The fraction of sp³-hybridized carbons (Fsp3) is 0.750. The van der Waals surface area contributed by atoms with Gasteiger partial charge in [-0.3, -0.25) is 0 Å². The number of methoxy groups -OCH3 is 1. The van der Waals surface area contributed by atoms with Crippen LogP contribution in [-0.2, 0) is 11.3 Å². The molecule has 1 N–H and O–H groups in total. The van der Waals surface area contributed by atoms with Gasteiger partial charge in [-0.2, -0.15) is 0 Å². The lowest BCUT2D eigenvalue weighted by Gasteiger charge is -2.14. The molecule has 0 aromatic carbocycles. The van der Waals surface area contributed by atoms with Crippen molar-refractivity contribution in [2.75, 3.05) is 20.3 Å². The van der Waals surface area contributed by atoms with Crippen molar-refractivity contribution in [3.8, 4) is 0 Å². The Hall–Kier alpha value is -0.870. The molecule has 1 rings (SSSR count). The number of hydrogen-bond acceptors (Lipinski definition) is 3. The summed E-state index contributed by atoms with van der Waals surface area (Å²) in [5.41, 5.74) is 1.24. The van der Waals surface area contributed by atoms with E-state index in [0.29, 0.717) is 12.0 Å². The number of hydrogen-bond donors (Lipinski definition) is 1. The zero-order valence-electron chi connectivity index (χ0n) is 10.7. The van der Waals surface area contributed by atoms with Crippen molar-refractivity contribution >= 4 is 0 Å². The van der Waals surface area contributed by atoms with Gasteiger partial charge in [-0.25, -0.2) is 4.98 Å². The van der Waals surface area contributed by atoms with Crippen LogP contribution in [0.1, 0.15) is 32.5 Å². The summed E-state index contributed by atoms with van der Waals surface area (Å²) in [6, 6.07) is 0.468. The van der Waals surface area contributed by atoms with E-state index in [-0.39, 0.29) is 0 Å². The van der Waals surface area contributed by atoms with Gasteiger partial charge in [0, 0.05) is 39.0 Å². The third kappa shape index (κ3) is 3.94. The number of aromatic nitrogens is 2. The molecule has 1 heterocycles. The topological polar surface area (TPSA) is 39.1 Å². The molecule has 1 unspecified atom stereocenters. The Morgan fingerprint density at radius 3 is 2.81 bits per heavy atom. The molecular weight excluding hydrogens is 202 g/mol. The Labute approximate surface area is 98.0 Å². The van der Waals surface area contributed by atoms with Crippen molar-refractivity contribution in [3.05, 3.63) is 18.2 Å². The lowest BCUT2D eigenvalue weighted by Crippen LogP contribution is -2.24. The molecule has 0 fully saturated rings. The van der Waals surface area contributed by atoms with Gasteiger partial charge in [0.25, 0.3) is 0 Å². The van der Waals surface area contributed by atoms with Crippen molar-refractivity contribution in [3.63, 3.8) is 0 Å². The lowest BCUT2D eigenvalue weighted by atomic mass is 10.2. The normalized spacial score (nSPS) is 13.3. The molecule has 0 aliphatic rings. The Morgan fingerprint density at radius 2 is 2.19 bits per heavy atom. The summed E-state index contributed by atoms with van der Waals surface area (Å²) in [6.07, 6.45) is 3.81. The van der Waals surface area contributed by atoms with Gasteiger partial charge in [-0.1, -0.05) is 6.92 Å². The van der Waals surface area contributed by atoms with Crippen molar-refractivity contribution in [2.45, 2.75) is 33.4 Å². The quantitative estimate of drug-likeness (QED) is 0.769. The van der Waals surface area contributed by atoms with E-state index in [2.05, 4.69) is 35.6 Å². The van der Waals surface area contributed by atoms with Crippen LogP contribution in [0, 0.1) is 5.92 Å². The Balaban J connectivity index is 2.34. The van der Waals surface area contributed by atoms with Gasteiger partial charge in [0.15, 0.2) is 0 Å². The molecular formula is C12H23N3O. The van der Waals surface area contributed by atoms with Gasteiger partial charge in [0.05, 0.1) is 12.0 Å². The average molecular weight is 225 g/mol. The molecule has 16 heavy (non-hydrogen) atoms. The molecule has 0 aliphatic carbocycles. The Kier molecular flexibility index (Phi) is 5.49. The molecule has 0 saturated heterocycles. The molecule has 0 bridgehead atoms. The molecule has 0 spiro atoms. The first kappa shape index (κ1) is 13.2. The predicted molar refractivity (Wildman–Crippen MR) is 65.4 cm³/mol. The van der Waals surface area contributed by atoms with Crippen molar-refractivity contribution < 1.29 is 4.74 Å². The first-order chi connectivity index (χ1) is 7.65. The van der Waals surface area contributed by atoms with E-state index in [1.54, 1.807) is 7.11 Å². The molecule has 0 radical (unpaired) electrons. The van der Waals surface area contributed by atoms with E-state index < -0.39 is 0 Å². The molecule has 4 heteroatoms. The monoisotopic (exact) mass is 225 g/mol. The second-order valence-electron chi connectivity index (χ2n) is 4.58. The zero-order valence-corrected chi connectivity index (χ0v) is 10.7. The summed E-state index contributed by atoms with van der Waals surface area (Å²) in [6.45, 7) is 9.15. The zero-order chi connectivity index (χ0) is 12.0. The molecule has 1 aromatic heterocycles. The summed E-state index contributed by atoms with van der Waals surface area (Å²) < 4.78 is 7.28. The Bertz CT molecular complexity index is 296. The standard InChI is InChI=1S/C12H23N3O/c1-10(2)15-9-14-7-12(15)6-13-5-11(3)8-16-4/h7,9-11,13H,5-6,8H2,1-4H3. The first-order valence-electron chi connectivity index (χ1n) is 5.85. The number of nitrogens with zero attached hydrogens (tertiary/aromatic N) is 2. The van der Waals surface area contributed by atoms with Crippen molar-refractivity contribution in [1.29, 1.82) is 0 Å². The average Bonchev–Trinajstić information content (AvgIpc) is 2.66. The van der Waals surface area contributed by atoms with E-state index in [9.17, 15) is 0 Å². The van der Waals surface area contributed by atoms with Crippen LogP contribution in [0.15, 0.2) is 12.5 Å². The van der Waals surface area contributed by atoms with Gasteiger partial charge in [0.2, 0.25) is 0 Å². The van der Waals surface area contributed by atoms with Gasteiger partial charge < -0.3 is 14.6 Å². The van der Waals surface area contributed by atoms with Gasteiger partial charge in [0.1, 0.15) is 0 Å². The third-order valence-electron chi connectivity index (χ3n) is 2.55. The lowest BCUT2D eigenvalue weighted by molar-refractivity contribution is 0.158. The summed E-state index contributed by atoms with van der Waals surface area (Å²) >= 11 is 0. The number of nitrogens with one attached hydrogen (secondary N) is 1. The largest absolute Gasteiger partial charge is 0.384 e. The fourth-order valence-corrected chi connectivity index (χ4v) is 1.72. The number of imidazole rings is 1. The summed E-state index contributed by atoms with van der Waals surface area (Å²) in [5.74, 6) is 0.542. The number of rotatable bonds is 7. The van der Waals surface area contributed by atoms with Crippen molar-refractivity contribution in [1.82, 2.24) is 14.9 Å². The van der Waals surface area contributed by atoms with Crippen LogP contribution in [0.5, 0.6) is 0 Å². The molecule has 0 aliphatic heterocycles. The van der Waals surface area contributed by atoms with E-state index >= 15 is 0 Å². The fourth-order valence-electron chi connectivity index (χ4n) is 1.72. The minimum absolute atomic E-state index is 0.468. The van der Waals surface area contributed by atoms with Crippen LogP contribution < -0.4 is 5.32 Å². The first-order valence-corrected chi connectivity index (χ1v) is 5.85. The minimum atomic E-state index is 0.468. The van der Waals surface area contributed by atoms with E-state index in [4.69, 9.17) is 4.74 Å². The molecule has 0 amide bonds. The van der Waals surface area contributed by atoms with E-state index in [0.717, 1.165) is 19.7 Å². The third-order valence-corrected chi connectivity index (χ3v) is 2.55. The maximum absolute atomic E-state index is 5.10. The van der Waals surface area contributed by atoms with Gasteiger partial charge >= 0.3 is 0 Å². The SMILES string of the molecule is COCC(C)CNCc1cncn1C(C)C. The van der Waals surface area contributed by atoms with Crippen LogP contribution in [0.2, 0.25) is 0 Å². The van der Waals surface area contributed by atoms with Crippen LogP contribution >= 0.6 is 0 Å². The molecule has 4 nitrogen and oxygen atoms in total. The highest BCUT2D eigenvalue weighted by Gasteiger charge is 2.05. The van der Waals surface area contributed by atoms with Crippen LogP contribution in [-0.4, -0.2) is 29.8 Å². The van der Waals surface area contributed by atoms with E-state index in [1.165, 1.54) is 5.69 Å². The second-order valence-corrected chi connectivity index (χ2v) is 4.58. The molecule has 1 atom stereocenters. The molecule has 1 aromatic rings. The maximum atomic E-state index is 5.10. The van der Waals surface area contributed by atoms with Gasteiger partial charge in [-0.15, -0.1) is 0 Å².